The van der Waals surface area contributed by atoms with Gasteiger partial charge in [0.05, 0.1) is 5.56 Å². The molecule has 0 spiro atoms. The third-order valence-electron chi connectivity index (χ3n) is 7.70. The molecule has 0 radical (unpaired) electrons. The molecule has 0 amide bonds. The molecule has 1 unspecified atom stereocenters. The number of ether oxygens (including phenoxy) is 3. The average Bonchev–Trinajstić information content (AvgIpc) is 3.22. The predicted molar refractivity (Wildman–Crippen MR) is 127 cm³/mol. The molecule has 1 aromatic rings. The molecule has 4 rings (SSSR count). The van der Waals surface area contributed by atoms with Gasteiger partial charge in [-0.3, -0.25) is 4.79 Å². The van der Waals surface area contributed by atoms with Crippen LogP contribution in [0.25, 0.3) is 0 Å². The van der Waals surface area contributed by atoms with Gasteiger partial charge in [0.15, 0.2) is 0 Å². The third kappa shape index (κ3) is 4.42. The normalized spacial score (nSPS) is 30.4. The van der Waals surface area contributed by atoms with Crippen molar-refractivity contribution in [1.82, 2.24) is 0 Å². The van der Waals surface area contributed by atoms with Gasteiger partial charge in [0.2, 0.25) is 0 Å². The standard InChI is InChI=1S/C28H34O6/c1-6-7-8-19-9-11-20(12-10-19)27(31)32-23-15-22-24(17(23)3)25-21(16(2)26(30)33-25)13-14-28(22,5)34-18(4)29/h9-12,21-23,25H,2,6-8,13-15H2,1,3-5H3/t21-,22?,23-,25-,28+/m0/s1. The fraction of sp³-hybridized carbons (Fsp3) is 0.536. The molecule has 0 bridgehead atoms. The molecular formula is C28H34O6. The van der Waals surface area contributed by atoms with E-state index in [0.717, 1.165) is 30.4 Å². The minimum atomic E-state index is -0.776. The molecule has 6 nitrogen and oxygen atoms in total. The Kier molecular flexibility index (Phi) is 6.70. The Morgan fingerprint density at radius 3 is 2.59 bits per heavy atom. The first-order valence-corrected chi connectivity index (χ1v) is 12.2. The summed E-state index contributed by atoms with van der Waals surface area (Å²) in [6.07, 6.45) is 3.99. The summed E-state index contributed by atoms with van der Waals surface area (Å²) in [6, 6.07) is 7.57. The second kappa shape index (κ2) is 9.40. The summed E-state index contributed by atoms with van der Waals surface area (Å²) < 4.78 is 17.6. The van der Waals surface area contributed by atoms with Crippen LogP contribution < -0.4 is 0 Å². The van der Waals surface area contributed by atoms with Gasteiger partial charge in [-0.1, -0.05) is 32.1 Å². The molecule has 3 aliphatic rings. The summed E-state index contributed by atoms with van der Waals surface area (Å²) in [4.78, 5) is 37.3. The number of rotatable bonds is 6. The highest BCUT2D eigenvalue weighted by atomic mass is 16.6. The molecular weight excluding hydrogens is 432 g/mol. The monoisotopic (exact) mass is 466 g/mol. The summed E-state index contributed by atoms with van der Waals surface area (Å²) in [6.45, 7) is 11.4. The van der Waals surface area contributed by atoms with Crippen LogP contribution in [-0.2, 0) is 30.2 Å². The summed E-state index contributed by atoms with van der Waals surface area (Å²) in [5.41, 5.74) is 3.17. The van der Waals surface area contributed by atoms with Crippen molar-refractivity contribution in [2.75, 3.05) is 0 Å². The van der Waals surface area contributed by atoms with Crippen LogP contribution in [0, 0.1) is 11.8 Å². The van der Waals surface area contributed by atoms with E-state index in [1.165, 1.54) is 12.5 Å². The topological polar surface area (TPSA) is 78.9 Å². The van der Waals surface area contributed by atoms with Crippen molar-refractivity contribution in [3.8, 4) is 0 Å². The Hall–Kier alpha value is -2.89. The smallest absolute Gasteiger partial charge is 0.338 e. The number of hydrogen-bond donors (Lipinski definition) is 0. The highest BCUT2D eigenvalue weighted by Crippen LogP contribution is 2.53. The SMILES string of the molecule is C=C1C(=O)O[C@@H]2C3=C(C)[C@@H](OC(=O)c4ccc(CCCC)cc4)CC3[C@](C)(OC(C)=O)CC[C@@H]12. The van der Waals surface area contributed by atoms with E-state index in [4.69, 9.17) is 14.2 Å². The molecule has 2 fully saturated rings. The van der Waals surface area contributed by atoms with Crippen LogP contribution in [0.3, 0.4) is 0 Å². The number of unbranched alkanes of at least 4 members (excludes halogenated alkanes) is 1. The molecule has 1 saturated heterocycles. The lowest BCUT2D eigenvalue weighted by Gasteiger charge is -2.35. The Labute approximate surface area is 201 Å². The van der Waals surface area contributed by atoms with Crippen LogP contribution in [0.1, 0.15) is 75.7 Å². The Morgan fingerprint density at radius 1 is 1.24 bits per heavy atom. The van der Waals surface area contributed by atoms with E-state index >= 15 is 0 Å². The number of esters is 3. The maximum absolute atomic E-state index is 13.0. The van der Waals surface area contributed by atoms with Crippen molar-refractivity contribution < 1.29 is 28.6 Å². The number of fused-ring (bicyclic) bond motifs is 3. The lowest BCUT2D eigenvalue weighted by Crippen LogP contribution is -2.40. The van der Waals surface area contributed by atoms with Gasteiger partial charge in [-0.25, -0.2) is 9.59 Å². The van der Waals surface area contributed by atoms with Crippen molar-refractivity contribution in [2.45, 2.75) is 84.0 Å². The predicted octanol–water partition coefficient (Wildman–Crippen LogP) is 5.10. The van der Waals surface area contributed by atoms with Gasteiger partial charge < -0.3 is 14.2 Å². The maximum Gasteiger partial charge on any atom is 0.338 e. The van der Waals surface area contributed by atoms with Crippen LogP contribution in [0.5, 0.6) is 0 Å². The van der Waals surface area contributed by atoms with Crippen molar-refractivity contribution in [1.29, 1.82) is 0 Å². The van der Waals surface area contributed by atoms with E-state index in [-0.39, 0.29) is 29.7 Å². The van der Waals surface area contributed by atoms with E-state index < -0.39 is 17.8 Å². The Morgan fingerprint density at radius 2 is 1.94 bits per heavy atom. The van der Waals surface area contributed by atoms with Gasteiger partial charge in [-0.2, -0.15) is 0 Å². The molecule has 0 N–H and O–H groups in total. The minimum Gasteiger partial charge on any atom is -0.459 e. The summed E-state index contributed by atoms with van der Waals surface area (Å²) >= 11 is 0. The lowest BCUT2D eigenvalue weighted by atomic mass is 9.81. The number of hydrogen-bond acceptors (Lipinski definition) is 6. The van der Waals surface area contributed by atoms with Gasteiger partial charge in [-0.05, 0) is 74.8 Å². The van der Waals surface area contributed by atoms with Gasteiger partial charge >= 0.3 is 17.9 Å². The fourth-order valence-corrected chi connectivity index (χ4v) is 5.78. The van der Waals surface area contributed by atoms with E-state index in [2.05, 4.69) is 13.5 Å². The first-order chi connectivity index (χ1) is 16.1. The van der Waals surface area contributed by atoms with E-state index in [1.54, 1.807) is 0 Å². The van der Waals surface area contributed by atoms with E-state index in [0.29, 0.717) is 30.4 Å². The zero-order valence-electron chi connectivity index (χ0n) is 20.5. The third-order valence-corrected chi connectivity index (χ3v) is 7.70. The Bertz CT molecular complexity index is 1040. The highest BCUT2D eigenvalue weighted by molar-refractivity contribution is 5.91. The zero-order chi connectivity index (χ0) is 24.6. The van der Waals surface area contributed by atoms with E-state index in [9.17, 15) is 14.4 Å². The van der Waals surface area contributed by atoms with Crippen molar-refractivity contribution in [2.24, 2.45) is 11.8 Å². The first-order valence-electron chi connectivity index (χ1n) is 12.2. The summed E-state index contributed by atoms with van der Waals surface area (Å²) in [5.74, 6) is -1.50. The van der Waals surface area contributed by atoms with Gasteiger partial charge in [-0.15, -0.1) is 0 Å². The number of carbonyl (C=O) groups excluding carboxylic acids is 3. The molecule has 1 saturated carbocycles. The largest absolute Gasteiger partial charge is 0.459 e. The molecule has 1 aliphatic heterocycles. The van der Waals surface area contributed by atoms with Crippen molar-refractivity contribution in [3.63, 3.8) is 0 Å². The first kappa shape index (κ1) is 24.2. The van der Waals surface area contributed by atoms with Crippen LogP contribution in [-0.4, -0.2) is 35.7 Å². The van der Waals surface area contributed by atoms with Crippen LogP contribution in [0.2, 0.25) is 0 Å². The highest BCUT2D eigenvalue weighted by Gasteiger charge is 2.56. The van der Waals surface area contributed by atoms with Crippen LogP contribution in [0.4, 0.5) is 0 Å². The van der Waals surface area contributed by atoms with Gasteiger partial charge in [0.25, 0.3) is 0 Å². The van der Waals surface area contributed by atoms with E-state index in [1.807, 2.05) is 38.1 Å². The molecule has 2 aliphatic carbocycles. The molecule has 1 aromatic carbocycles. The molecule has 1 heterocycles. The minimum absolute atomic E-state index is 0.164. The van der Waals surface area contributed by atoms with Gasteiger partial charge in [0.1, 0.15) is 17.8 Å². The van der Waals surface area contributed by atoms with Crippen LogP contribution >= 0.6 is 0 Å². The number of aryl methyl sites for hydroxylation is 1. The lowest BCUT2D eigenvalue weighted by molar-refractivity contribution is -0.161. The molecule has 5 atom stereocenters. The quantitative estimate of drug-likeness (QED) is 0.251. The molecule has 34 heavy (non-hydrogen) atoms. The number of carbonyl (C=O) groups is 3. The van der Waals surface area contributed by atoms with Crippen LogP contribution in [0.15, 0.2) is 47.6 Å². The maximum atomic E-state index is 13.0. The van der Waals surface area contributed by atoms with Crippen molar-refractivity contribution in [3.05, 3.63) is 58.7 Å². The number of benzene rings is 1. The fourth-order valence-electron chi connectivity index (χ4n) is 5.78. The zero-order valence-corrected chi connectivity index (χ0v) is 20.5. The Balaban J connectivity index is 1.60. The molecule has 182 valence electrons. The summed E-state index contributed by atoms with van der Waals surface area (Å²) in [7, 11) is 0. The molecule has 6 heteroatoms. The average molecular weight is 467 g/mol. The second-order valence-corrected chi connectivity index (χ2v) is 10.0. The van der Waals surface area contributed by atoms with Gasteiger partial charge in [0, 0.05) is 24.3 Å². The van der Waals surface area contributed by atoms with Crippen molar-refractivity contribution >= 4 is 17.9 Å². The summed E-state index contributed by atoms with van der Waals surface area (Å²) in [5, 5.41) is 0. The molecule has 0 aromatic heterocycles. The second-order valence-electron chi connectivity index (χ2n) is 10.0.